The van der Waals surface area contributed by atoms with Crippen LogP contribution in [0.3, 0.4) is 0 Å². The molecule has 2 aromatic heterocycles. The Morgan fingerprint density at radius 3 is 2.83 bits per heavy atom. The number of anilines is 2. The highest BCUT2D eigenvalue weighted by Gasteiger charge is 2.07. The third kappa shape index (κ3) is 2.00. The van der Waals surface area contributed by atoms with E-state index in [1.807, 2.05) is 18.3 Å². The van der Waals surface area contributed by atoms with Crippen LogP contribution in [0.4, 0.5) is 11.5 Å². The molecule has 2 N–H and O–H groups in total. The molecule has 0 aliphatic carbocycles. The maximum atomic E-state index is 6.11. The van der Waals surface area contributed by atoms with E-state index in [4.69, 9.17) is 23.2 Å². The molecule has 0 spiro atoms. The van der Waals surface area contributed by atoms with Gasteiger partial charge in [-0.05, 0) is 24.3 Å². The number of nitrogens with one attached hydrogen (secondary N) is 2. The molecule has 0 unspecified atom stereocenters. The monoisotopic (exact) mass is 278 g/mol. The number of benzene rings is 1. The van der Waals surface area contributed by atoms with Gasteiger partial charge in [-0.1, -0.05) is 23.2 Å². The van der Waals surface area contributed by atoms with Gasteiger partial charge in [-0.2, -0.15) is 0 Å². The first kappa shape index (κ1) is 11.3. The molecule has 0 amide bonds. The van der Waals surface area contributed by atoms with Gasteiger partial charge in [-0.25, -0.2) is 9.97 Å². The third-order valence-corrected chi connectivity index (χ3v) is 3.09. The predicted octanol–water partition coefficient (Wildman–Crippen LogP) is 4.01. The van der Waals surface area contributed by atoms with Crippen molar-refractivity contribution in [3.8, 4) is 0 Å². The molecule has 0 bridgehead atoms. The molecule has 0 fully saturated rings. The molecule has 0 aliphatic rings. The van der Waals surface area contributed by atoms with E-state index < -0.39 is 0 Å². The molecule has 1 aromatic carbocycles. The first-order valence-electron chi connectivity index (χ1n) is 5.24. The normalized spacial score (nSPS) is 10.8. The Balaban J connectivity index is 2.03. The second-order valence-electron chi connectivity index (χ2n) is 3.71. The SMILES string of the molecule is Clc1ccc(Nc2ncnc3[nH]ccc23)c(Cl)c1. The van der Waals surface area contributed by atoms with E-state index in [-0.39, 0.29) is 0 Å². The van der Waals surface area contributed by atoms with Gasteiger partial charge in [-0.15, -0.1) is 0 Å². The molecule has 90 valence electrons. The minimum Gasteiger partial charge on any atom is -0.346 e. The van der Waals surface area contributed by atoms with Crippen LogP contribution in [0.15, 0.2) is 36.8 Å². The molecule has 3 aromatic rings. The minimum atomic E-state index is 0.546. The van der Waals surface area contributed by atoms with Gasteiger partial charge in [0.2, 0.25) is 0 Å². The Morgan fingerprint density at radius 2 is 2.00 bits per heavy atom. The molecule has 18 heavy (non-hydrogen) atoms. The molecule has 3 rings (SSSR count). The van der Waals surface area contributed by atoms with Crippen LogP contribution in [0.2, 0.25) is 10.0 Å². The zero-order chi connectivity index (χ0) is 12.5. The molecule has 4 nitrogen and oxygen atoms in total. The van der Waals surface area contributed by atoms with E-state index in [1.54, 1.807) is 12.1 Å². The summed E-state index contributed by atoms with van der Waals surface area (Å²) in [5, 5.41) is 5.22. The van der Waals surface area contributed by atoms with E-state index in [9.17, 15) is 0 Å². The summed E-state index contributed by atoms with van der Waals surface area (Å²) in [6.07, 6.45) is 3.30. The van der Waals surface area contributed by atoms with E-state index >= 15 is 0 Å². The van der Waals surface area contributed by atoms with Crippen molar-refractivity contribution >= 4 is 45.7 Å². The largest absolute Gasteiger partial charge is 0.346 e. The highest BCUT2D eigenvalue weighted by atomic mass is 35.5. The molecule has 0 aliphatic heterocycles. The number of rotatable bonds is 2. The third-order valence-electron chi connectivity index (χ3n) is 2.54. The fourth-order valence-electron chi connectivity index (χ4n) is 1.69. The molecule has 0 saturated carbocycles. The van der Waals surface area contributed by atoms with Crippen LogP contribution >= 0.6 is 23.2 Å². The van der Waals surface area contributed by atoms with Crippen molar-refractivity contribution < 1.29 is 0 Å². The highest BCUT2D eigenvalue weighted by Crippen LogP contribution is 2.29. The van der Waals surface area contributed by atoms with Gasteiger partial charge in [0.25, 0.3) is 0 Å². The van der Waals surface area contributed by atoms with E-state index in [2.05, 4.69) is 20.3 Å². The lowest BCUT2D eigenvalue weighted by atomic mass is 10.3. The van der Waals surface area contributed by atoms with Crippen LogP contribution in [0.1, 0.15) is 0 Å². The number of aromatic nitrogens is 3. The summed E-state index contributed by atoms with van der Waals surface area (Å²) in [6, 6.07) is 7.17. The predicted molar refractivity (Wildman–Crippen MR) is 73.6 cm³/mol. The number of H-pyrrole nitrogens is 1. The first-order valence-corrected chi connectivity index (χ1v) is 6.00. The summed E-state index contributed by atoms with van der Waals surface area (Å²) in [6.45, 7) is 0. The van der Waals surface area contributed by atoms with Crippen LogP contribution in [0.25, 0.3) is 11.0 Å². The standard InChI is InChI=1S/C12H8Cl2N4/c13-7-1-2-10(9(14)5-7)18-12-8-3-4-15-11(8)16-6-17-12/h1-6H,(H2,15,16,17,18). The van der Waals surface area contributed by atoms with Crippen LogP contribution in [0.5, 0.6) is 0 Å². The smallest absolute Gasteiger partial charge is 0.143 e. The number of nitrogens with zero attached hydrogens (tertiary/aromatic N) is 2. The Bertz CT molecular complexity index is 708. The summed E-state index contributed by atoms with van der Waals surface area (Å²) in [4.78, 5) is 11.3. The number of fused-ring (bicyclic) bond motifs is 1. The average molecular weight is 279 g/mol. The average Bonchev–Trinajstić information content (AvgIpc) is 2.82. The summed E-state index contributed by atoms with van der Waals surface area (Å²) < 4.78 is 0. The lowest BCUT2D eigenvalue weighted by molar-refractivity contribution is 1.20. The lowest BCUT2D eigenvalue weighted by Gasteiger charge is -2.08. The Hall–Kier alpha value is -1.78. The summed E-state index contributed by atoms with van der Waals surface area (Å²) in [5.74, 6) is 0.700. The van der Waals surface area contributed by atoms with Crippen molar-refractivity contribution in [2.45, 2.75) is 0 Å². The molecule has 0 radical (unpaired) electrons. The molecule has 6 heteroatoms. The van der Waals surface area contributed by atoms with Crippen molar-refractivity contribution in [3.63, 3.8) is 0 Å². The van der Waals surface area contributed by atoms with Crippen LogP contribution < -0.4 is 5.32 Å². The van der Waals surface area contributed by atoms with Crippen LogP contribution in [-0.4, -0.2) is 15.0 Å². The van der Waals surface area contributed by atoms with E-state index in [0.29, 0.717) is 15.9 Å². The molecule has 0 saturated heterocycles. The zero-order valence-electron chi connectivity index (χ0n) is 9.11. The molecule has 0 atom stereocenters. The van der Waals surface area contributed by atoms with Gasteiger partial charge in [-0.3, -0.25) is 0 Å². The molecular formula is C12H8Cl2N4. The molecular weight excluding hydrogens is 271 g/mol. The number of halogens is 2. The van der Waals surface area contributed by atoms with Gasteiger partial charge in [0.15, 0.2) is 0 Å². The summed E-state index contributed by atoms with van der Waals surface area (Å²) in [5.41, 5.74) is 1.53. The van der Waals surface area contributed by atoms with E-state index in [0.717, 1.165) is 16.7 Å². The fraction of sp³-hybridized carbons (Fsp3) is 0. The van der Waals surface area contributed by atoms with Gasteiger partial charge in [0, 0.05) is 11.2 Å². The second-order valence-corrected chi connectivity index (χ2v) is 4.56. The topological polar surface area (TPSA) is 53.6 Å². The Morgan fingerprint density at radius 1 is 1.11 bits per heavy atom. The second kappa shape index (κ2) is 4.48. The van der Waals surface area contributed by atoms with Crippen molar-refractivity contribution in [2.24, 2.45) is 0 Å². The van der Waals surface area contributed by atoms with Crippen molar-refractivity contribution in [3.05, 3.63) is 46.8 Å². The zero-order valence-corrected chi connectivity index (χ0v) is 10.6. The first-order chi connectivity index (χ1) is 8.74. The Kier molecular flexibility index (Phi) is 2.81. The van der Waals surface area contributed by atoms with Crippen molar-refractivity contribution in [1.82, 2.24) is 15.0 Å². The van der Waals surface area contributed by atoms with E-state index in [1.165, 1.54) is 6.33 Å². The van der Waals surface area contributed by atoms with Gasteiger partial charge < -0.3 is 10.3 Å². The van der Waals surface area contributed by atoms with Crippen molar-refractivity contribution in [2.75, 3.05) is 5.32 Å². The Labute approximate surface area is 113 Å². The summed E-state index contributed by atoms with van der Waals surface area (Å²) in [7, 11) is 0. The minimum absolute atomic E-state index is 0.546. The summed E-state index contributed by atoms with van der Waals surface area (Å²) >= 11 is 12.0. The number of hydrogen-bond donors (Lipinski definition) is 2. The fourth-order valence-corrected chi connectivity index (χ4v) is 2.15. The van der Waals surface area contributed by atoms with Crippen molar-refractivity contribution in [1.29, 1.82) is 0 Å². The molecule has 2 heterocycles. The quantitative estimate of drug-likeness (QED) is 0.745. The number of aromatic amines is 1. The maximum Gasteiger partial charge on any atom is 0.143 e. The highest BCUT2D eigenvalue weighted by molar-refractivity contribution is 6.36. The lowest BCUT2D eigenvalue weighted by Crippen LogP contribution is -1.95. The van der Waals surface area contributed by atoms with Gasteiger partial charge in [0.05, 0.1) is 16.1 Å². The van der Waals surface area contributed by atoms with Gasteiger partial charge in [0.1, 0.15) is 17.8 Å². The van der Waals surface area contributed by atoms with Crippen LogP contribution in [-0.2, 0) is 0 Å². The number of hydrogen-bond acceptors (Lipinski definition) is 3. The van der Waals surface area contributed by atoms with Gasteiger partial charge >= 0.3 is 0 Å². The maximum absolute atomic E-state index is 6.11. The van der Waals surface area contributed by atoms with Crippen LogP contribution in [0, 0.1) is 0 Å².